The summed E-state index contributed by atoms with van der Waals surface area (Å²) in [6, 6.07) is 21.9. The second-order valence-corrected chi connectivity index (χ2v) is 7.68. The summed E-state index contributed by atoms with van der Waals surface area (Å²) in [5.41, 5.74) is 2.75. The Labute approximate surface area is 151 Å². The quantitative estimate of drug-likeness (QED) is 0.797. The maximum absolute atomic E-state index is 6.32. The number of ether oxygens (including phenoxy) is 1. The van der Waals surface area contributed by atoms with Crippen molar-refractivity contribution in [3.05, 3.63) is 71.8 Å². The number of benzene rings is 2. The van der Waals surface area contributed by atoms with Gasteiger partial charge in [0.1, 0.15) is 5.60 Å². The first kappa shape index (κ1) is 16.8. The van der Waals surface area contributed by atoms with Crippen molar-refractivity contribution in [3.63, 3.8) is 0 Å². The van der Waals surface area contributed by atoms with Crippen molar-refractivity contribution in [2.24, 2.45) is 11.8 Å². The summed E-state index contributed by atoms with van der Waals surface area (Å²) < 4.78 is 6.32. The lowest BCUT2D eigenvalue weighted by molar-refractivity contribution is -0.168. The maximum atomic E-state index is 6.32. The molecular formula is C23H29NO. The average Bonchev–Trinajstić information content (AvgIpc) is 2.67. The topological polar surface area (TPSA) is 12.5 Å². The summed E-state index contributed by atoms with van der Waals surface area (Å²) >= 11 is 0. The molecule has 2 aliphatic rings. The van der Waals surface area contributed by atoms with Gasteiger partial charge in [-0.15, -0.1) is 0 Å². The summed E-state index contributed by atoms with van der Waals surface area (Å²) in [5, 5.41) is 0. The first-order valence-corrected chi connectivity index (χ1v) is 9.70. The Bertz CT molecular complexity index is 655. The van der Waals surface area contributed by atoms with Crippen LogP contribution in [0.1, 0.15) is 30.4 Å². The zero-order chi connectivity index (χ0) is 17.1. The summed E-state index contributed by atoms with van der Waals surface area (Å²) in [6.45, 7) is 3.48. The number of fused-ring (bicyclic) bond motifs is 2. The normalized spacial score (nSPS) is 29.5. The van der Waals surface area contributed by atoms with E-state index in [-0.39, 0.29) is 5.60 Å². The summed E-state index contributed by atoms with van der Waals surface area (Å²) in [6.07, 6.45) is 5.05. The number of rotatable bonds is 5. The van der Waals surface area contributed by atoms with Crippen molar-refractivity contribution >= 4 is 0 Å². The molecule has 2 aromatic rings. The number of hydrogen-bond donors (Lipinski definition) is 0. The van der Waals surface area contributed by atoms with Crippen molar-refractivity contribution in [2.75, 3.05) is 26.7 Å². The Morgan fingerprint density at radius 1 is 0.920 bits per heavy atom. The van der Waals surface area contributed by atoms with Crippen LogP contribution in [0.4, 0.5) is 0 Å². The molecule has 1 heterocycles. The summed E-state index contributed by atoms with van der Waals surface area (Å²) in [5.74, 6) is 1.20. The lowest BCUT2D eigenvalue weighted by Gasteiger charge is -2.55. The Morgan fingerprint density at radius 2 is 1.52 bits per heavy atom. The Hall–Kier alpha value is -1.64. The zero-order valence-corrected chi connectivity index (χ0v) is 15.2. The third kappa shape index (κ3) is 3.14. The molecule has 132 valence electrons. The van der Waals surface area contributed by atoms with Crippen LogP contribution in [0.3, 0.4) is 0 Å². The van der Waals surface area contributed by atoms with Crippen LogP contribution >= 0.6 is 0 Å². The van der Waals surface area contributed by atoms with E-state index in [0.717, 1.165) is 26.1 Å². The zero-order valence-electron chi connectivity index (χ0n) is 15.2. The van der Waals surface area contributed by atoms with Crippen molar-refractivity contribution < 1.29 is 4.74 Å². The molecule has 1 unspecified atom stereocenters. The molecule has 2 fully saturated rings. The Kier molecular flexibility index (Phi) is 4.91. The number of likely N-dealkylation sites (tertiary alicyclic amines) is 1. The van der Waals surface area contributed by atoms with Crippen molar-refractivity contribution in [2.45, 2.75) is 31.3 Å². The summed E-state index contributed by atoms with van der Waals surface area (Å²) in [7, 11) is 1.93. The van der Waals surface area contributed by atoms with E-state index in [2.05, 4.69) is 65.6 Å². The molecule has 4 rings (SSSR count). The van der Waals surface area contributed by atoms with E-state index in [9.17, 15) is 0 Å². The predicted octanol–water partition coefficient (Wildman–Crippen LogP) is 4.50. The molecule has 1 aliphatic carbocycles. The fourth-order valence-electron chi connectivity index (χ4n) is 5.26. The molecule has 2 heteroatoms. The third-order valence-electron chi connectivity index (χ3n) is 6.40. The molecule has 2 bridgehead atoms. The van der Waals surface area contributed by atoms with E-state index in [1.54, 1.807) is 0 Å². The molecule has 3 atom stereocenters. The third-order valence-corrected chi connectivity index (χ3v) is 6.40. The highest BCUT2D eigenvalue weighted by molar-refractivity contribution is 5.27. The van der Waals surface area contributed by atoms with E-state index in [4.69, 9.17) is 4.74 Å². The van der Waals surface area contributed by atoms with Crippen LogP contribution in [0.2, 0.25) is 0 Å². The van der Waals surface area contributed by atoms with E-state index in [1.807, 2.05) is 7.11 Å². The van der Waals surface area contributed by atoms with Gasteiger partial charge in [0, 0.05) is 38.6 Å². The number of nitrogens with zero attached hydrogens (tertiary/aromatic N) is 1. The number of methoxy groups -OCH3 is 1. The largest absolute Gasteiger partial charge is 0.373 e. The fourth-order valence-corrected chi connectivity index (χ4v) is 5.26. The number of piperidine rings is 1. The van der Waals surface area contributed by atoms with Crippen LogP contribution in [0.25, 0.3) is 0 Å². The van der Waals surface area contributed by atoms with Crippen LogP contribution in [0.15, 0.2) is 60.7 Å². The van der Waals surface area contributed by atoms with Gasteiger partial charge in [-0.05, 0) is 30.4 Å². The van der Waals surface area contributed by atoms with E-state index in [0.29, 0.717) is 11.8 Å². The Balaban J connectivity index is 1.52. The molecule has 1 saturated carbocycles. The molecular weight excluding hydrogens is 306 g/mol. The molecule has 2 aromatic carbocycles. The minimum atomic E-state index is -0.0806. The SMILES string of the molecule is COC1(c2ccccc2)[C@@H]2CCC[C@H]1CN(CCc1ccccc1)C2. The molecule has 25 heavy (non-hydrogen) atoms. The van der Waals surface area contributed by atoms with Crippen LogP contribution in [0.5, 0.6) is 0 Å². The summed E-state index contributed by atoms with van der Waals surface area (Å²) in [4.78, 5) is 2.68. The molecule has 1 saturated heterocycles. The molecule has 0 radical (unpaired) electrons. The highest BCUT2D eigenvalue weighted by atomic mass is 16.5. The van der Waals surface area contributed by atoms with Crippen LogP contribution in [-0.4, -0.2) is 31.6 Å². The van der Waals surface area contributed by atoms with Gasteiger partial charge in [0.15, 0.2) is 0 Å². The predicted molar refractivity (Wildman–Crippen MR) is 103 cm³/mol. The Morgan fingerprint density at radius 3 is 2.12 bits per heavy atom. The minimum absolute atomic E-state index is 0.0806. The lowest BCUT2D eigenvalue weighted by Crippen LogP contribution is -2.59. The van der Waals surface area contributed by atoms with Crippen LogP contribution < -0.4 is 0 Å². The van der Waals surface area contributed by atoms with Gasteiger partial charge in [0.2, 0.25) is 0 Å². The van der Waals surface area contributed by atoms with Crippen molar-refractivity contribution in [1.82, 2.24) is 4.90 Å². The smallest absolute Gasteiger partial charge is 0.101 e. The van der Waals surface area contributed by atoms with Gasteiger partial charge in [-0.25, -0.2) is 0 Å². The molecule has 1 aliphatic heterocycles. The highest BCUT2D eigenvalue weighted by Gasteiger charge is 2.52. The monoisotopic (exact) mass is 335 g/mol. The van der Waals surface area contributed by atoms with E-state index >= 15 is 0 Å². The van der Waals surface area contributed by atoms with Gasteiger partial charge in [-0.1, -0.05) is 67.1 Å². The molecule has 2 nitrogen and oxygen atoms in total. The molecule has 0 aromatic heterocycles. The van der Waals surface area contributed by atoms with E-state index < -0.39 is 0 Å². The maximum Gasteiger partial charge on any atom is 0.101 e. The van der Waals surface area contributed by atoms with Crippen LogP contribution in [0, 0.1) is 11.8 Å². The van der Waals surface area contributed by atoms with Gasteiger partial charge in [0.25, 0.3) is 0 Å². The van der Waals surface area contributed by atoms with Gasteiger partial charge >= 0.3 is 0 Å². The fraction of sp³-hybridized carbons (Fsp3) is 0.478. The lowest BCUT2D eigenvalue weighted by atomic mass is 9.62. The first-order valence-electron chi connectivity index (χ1n) is 9.70. The van der Waals surface area contributed by atoms with Crippen LogP contribution in [-0.2, 0) is 16.8 Å². The number of hydrogen-bond acceptors (Lipinski definition) is 2. The highest BCUT2D eigenvalue weighted by Crippen LogP contribution is 2.51. The van der Waals surface area contributed by atoms with Gasteiger partial charge < -0.3 is 9.64 Å². The molecule has 0 N–H and O–H groups in total. The minimum Gasteiger partial charge on any atom is -0.373 e. The molecule has 0 spiro atoms. The van der Waals surface area contributed by atoms with Gasteiger partial charge in [-0.2, -0.15) is 0 Å². The van der Waals surface area contributed by atoms with Gasteiger partial charge in [-0.3, -0.25) is 0 Å². The van der Waals surface area contributed by atoms with E-state index in [1.165, 1.54) is 30.4 Å². The average molecular weight is 335 g/mol. The molecule has 0 amide bonds. The standard InChI is InChI=1S/C23H29NO/c1-25-23(20-11-6-3-7-12-20)21-13-8-14-22(23)18-24(17-21)16-15-19-9-4-2-5-10-19/h2-7,9-12,21-22H,8,13-18H2,1H3/t21-,22+,23?. The first-order chi connectivity index (χ1) is 12.3. The van der Waals surface area contributed by atoms with Gasteiger partial charge in [0.05, 0.1) is 0 Å². The second-order valence-electron chi connectivity index (χ2n) is 7.68. The van der Waals surface area contributed by atoms with Crippen molar-refractivity contribution in [1.29, 1.82) is 0 Å². The second kappa shape index (κ2) is 7.31. The van der Waals surface area contributed by atoms with Crippen molar-refractivity contribution in [3.8, 4) is 0 Å².